The van der Waals surface area contributed by atoms with Crippen molar-refractivity contribution < 1.29 is 37.4 Å². The van der Waals surface area contributed by atoms with Crippen molar-refractivity contribution in [3.63, 3.8) is 0 Å². The summed E-state index contributed by atoms with van der Waals surface area (Å²) in [5.41, 5.74) is 3.02. The van der Waals surface area contributed by atoms with E-state index in [-0.39, 0.29) is 25.2 Å². The molecule has 0 fully saturated rings. The van der Waals surface area contributed by atoms with Crippen molar-refractivity contribution in [1.29, 1.82) is 0 Å². The summed E-state index contributed by atoms with van der Waals surface area (Å²) >= 11 is 0. The molecular formula is C29H30F3N3O5. The van der Waals surface area contributed by atoms with Gasteiger partial charge in [-0.05, 0) is 72.0 Å². The van der Waals surface area contributed by atoms with E-state index >= 15 is 0 Å². The van der Waals surface area contributed by atoms with Crippen LogP contribution in [0.5, 0.6) is 5.75 Å². The Morgan fingerprint density at radius 1 is 0.900 bits per heavy atom. The number of urea groups is 1. The fourth-order valence-corrected chi connectivity index (χ4v) is 3.82. The standard InChI is InChI=1S/C29H30F3N3O5/c1-19(2)17-20-5-11-24(12-6-20)35(28(39)34-23-9-13-25(14-10-23)40-29(30,31)32)18-21-3-7-22(8-4-21)27(38)33-16-15-26(36)37/h3-14,19H,15-18H2,1-2H3,(H,33,38)(H,34,39)(H,36,37). The molecule has 0 aromatic heterocycles. The molecule has 3 aromatic carbocycles. The number of halogens is 3. The molecule has 0 bridgehead atoms. The number of alkyl halides is 3. The molecule has 40 heavy (non-hydrogen) atoms. The number of carbonyl (C=O) groups excluding carboxylic acids is 2. The zero-order valence-electron chi connectivity index (χ0n) is 22.0. The number of anilines is 2. The molecule has 212 valence electrons. The molecule has 0 saturated heterocycles. The minimum Gasteiger partial charge on any atom is -0.481 e. The van der Waals surface area contributed by atoms with Gasteiger partial charge in [0.25, 0.3) is 5.91 Å². The molecule has 0 heterocycles. The Labute approximate surface area is 229 Å². The average Bonchev–Trinajstić information content (AvgIpc) is 2.88. The minimum atomic E-state index is -4.82. The van der Waals surface area contributed by atoms with Gasteiger partial charge in [0.15, 0.2) is 0 Å². The van der Waals surface area contributed by atoms with Crippen LogP contribution >= 0.6 is 0 Å². The molecule has 8 nitrogen and oxygen atoms in total. The van der Waals surface area contributed by atoms with Gasteiger partial charge in [-0.1, -0.05) is 38.1 Å². The van der Waals surface area contributed by atoms with Gasteiger partial charge in [-0.3, -0.25) is 14.5 Å². The third-order valence-corrected chi connectivity index (χ3v) is 5.66. The van der Waals surface area contributed by atoms with Crippen molar-refractivity contribution >= 4 is 29.3 Å². The number of hydrogen-bond acceptors (Lipinski definition) is 4. The SMILES string of the molecule is CC(C)Cc1ccc(N(Cc2ccc(C(=O)NCCC(=O)O)cc2)C(=O)Nc2ccc(OC(F)(F)F)cc2)cc1. The van der Waals surface area contributed by atoms with E-state index < -0.39 is 30.0 Å². The Bertz CT molecular complexity index is 1290. The molecule has 11 heteroatoms. The summed E-state index contributed by atoms with van der Waals surface area (Å²) in [5.74, 6) is -1.39. The lowest BCUT2D eigenvalue weighted by atomic mass is 10.0. The van der Waals surface area contributed by atoms with Gasteiger partial charge in [0, 0.05) is 23.5 Å². The summed E-state index contributed by atoms with van der Waals surface area (Å²) in [7, 11) is 0. The van der Waals surface area contributed by atoms with Crippen molar-refractivity contribution in [2.75, 3.05) is 16.8 Å². The molecule has 0 unspecified atom stereocenters. The predicted octanol–water partition coefficient (Wildman–Crippen LogP) is 6.23. The Morgan fingerprint density at radius 2 is 1.50 bits per heavy atom. The number of aliphatic carboxylic acids is 1. The Morgan fingerprint density at radius 3 is 2.05 bits per heavy atom. The van der Waals surface area contributed by atoms with Gasteiger partial charge in [0.05, 0.1) is 13.0 Å². The number of hydrogen-bond donors (Lipinski definition) is 3. The zero-order valence-corrected chi connectivity index (χ0v) is 22.0. The first-order chi connectivity index (χ1) is 18.9. The van der Waals surface area contributed by atoms with E-state index in [1.165, 1.54) is 17.0 Å². The van der Waals surface area contributed by atoms with E-state index in [4.69, 9.17) is 5.11 Å². The van der Waals surface area contributed by atoms with Gasteiger partial charge < -0.3 is 20.5 Å². The second-order valence-corrected chi connectivity index (χ2v) is 9.45. The highest BCUT2D eigenvalue weighted by molar-refractivity contribution is 6.01. The van der Waals surface area contributed by atoms with E-state index in [9.17, 15) is 27.6 Å². The summed E-state index contributed by atoms with van der Waals surface area (Å²) in [6, 6.07) is 18.3. The molecule has 0 aliphatic carbocycles. The lowest BCUT2D eigenvalue weighted by Gasteiger charge is -2.24. The lowest BCUT2D eigenvalue weighted by Crippen LogP contribution is -2.34. The molecular weight excluding hydrogens is 527 g/mol. The molecule has 3 N–H and O–H groups in total. The number of nitrogens with one attached hydrogen (secondary N) is 2. The van der Waals surface area contributed by atoms with Gasteiger partial charge in [-0.25, -0.2) is 4.79 Å². The van der Waals surface area contributed by atoms with Crippen LogP contribution in [0.4, 0.5) is 29.3 Å². The maximum atomic E-state index is 13.3. The van der Waals surface area contributed by atoms with Gasteiger partial charge in [0.1, 0.15) is 5.75 Å². The first kappa shape index (κ1) is 30.0. The van der Waals surface area contributed by atoms with Crippen LogP contribution in [0.25, 0.3) is 0 Å². The fourth-order valence-electron chi connectivity index (χ4n) is 3.82. The topological polar surface area (TPSA) is 108 Å². The van der Waals surface area contributed by atoms with Crippen LogP contribution in [0, 0.1) is 5.92 Å². The van der Waals surface area contributed by atoms with Crippen LogP contribution in [0.3, 0.4) is 0 Å². The molecule has 0 atom stereocenters. The number of nitrogens with zero attached hydrogens (tertiary/aromatic N) is 1. The summed E-state index contributed by atoms with van der Waals surface area (Å²) in [5, 5.41) is 13.9. The fraction of sp³-hybridized carbons (Fsp3) is 0.276. The molecule has 3 amide bonds. The highest BCUT2D eigenvalue weighted by Gasteiger charge is 2.31. The van der Waals surface area contributed by atoms with Crippen LogP contribution < -0.4 is 20.3 Å². The number of rotatable bonds is 11. The van der Waals surface area contributed by atoms with Crippen LogP contribution in [-0.4, -0.2) is 35.9 Å². The first-order valence-electron chi connectivity index (χ1n) is 12.5. The van der Waals surface area contributed by atoms with Crippen molar-refractivity contribution in [1.82, 2.24) is 5.32 Å². The maximum absolute atomic E-state index is 13.3. The van der Waals surface area contributed by atoms with E-state index in [1.54, 1.807) is 24.3 Å². The van der Waals surface area contributed by atoms with E-state index in [0.29, 0.717) is 22.7 Å². The lowest BCUT2D eigenvalue weighted by molar-refractivity contribution is -0.274. The maximum Gasteiger partial charge on any atom is 0.573 e. The molecule has 0 aliphatic rings. The molecule has 0 aliphatic heterocycles. The number of ether oxygens (including phenoxy) is 1. The molecule has 3 rings (SSSR count). The molecule has 0 saturated carbocycles. The third-order valence-electron chi connectivity index (χ3n) is 5.66. The number of carboxylic acids is 1. The predicted molar refractivity (Wildman–Crippen MR) is 144 cm³/mol. The molecule has 0 radical (unpaired) electrons. The highest BCUT2D eigenvalue weighted by Crippen LogP contribution is 2.25. The number of carboxylic acid groups (broad SMARTS) is 1. The van der Waals surface area contributed by atoms with Gasteiger partial charge in [0.2, 0.25) is 0 Å². The Balaban J connectivity index is 1.77. The smallest absolute Gasteiger partial charge is 0.481 e. The Hall–Kier alpha value is -4.54. The van der Waals surface area contributed by atoms with Crippen LogP contribution in [-0.2, 0) is 17.8 Å². The summed E-state index contributed by atoms with van der Waals surface area (Å²) in [4.78, 5) is 37.7. The summed E-state index contributed by atoms with van der Waals surface area (Å²) < 4.78 is 41.3. The number of carbonyl (C=O) groups is 3. The molecule has 0 spiro atoms. The number of benzene rings is 3. The van der Waals surface area contributed by atoms with Gasteiger partial charge in [-0.2, -0.15) is 0 Å². The second-order valence-electron chi connectivity index (χ2n) is 9.45. The number of amides is 3. The van der Waals surface area contributed by atoms with Crippen molar-refractivity contribution in [2.45, 2.75) is 39.6 Å². The Kier molecular flexibility index (Phi) is 10.1. The van der Waals surface area contributed by atoms with E-state index in [2.05, 4.69) is 29.2 Å². The van der Waals surface area contributed by atoms with Crippen molar-refractivity contribution in [2.24, 2.45) is 5.92 Å². The highest BCUT2D eigenvalue weighted by atomic mass is 19.4. The van der Waals surface area contributed by atoms with Crippen LogP contribution in [0.2, 0.25) is 0 Å². The van der Waals surface area contributed by atoms with E-state index in [1.807, 2.05) is 24.3 Å². The largest absolute Gasteiger partial charge is 0.573 e. The first-order valence-corrected chi connectivity index (χ1v) is 12.5. The summed E-state index contributed by atoms with van der Waals surface area (Å²) in [6.45, 7) is 4.34. The zero-order chi connectivity index (χ0) is 29.3. The normalized spacial score (nSPS) is 11.2. The van der Waals surface area contributed by atoms with Crippen molar-refractivity contribution in [3.05, 3.63) is 89.5 Å². The summed E-state index contributed by atoms with van der Waals surface area (Å²) in [6.07, 6.45) is -4.14. The van der Waals surface area contributed by atoms with Gasteiger partial charge >= 0.3 is 18.4 Å². The van der Waals surface area contributed by atoms with Crippen molar-refractivity contribution in [3.8, 4) is 5.75 Å². The quantitative estimate of drug-likeness (QED) is 0.259. The van der Waals surface area contributed by atoms with Crippen LogP contribution in [0.15, 0.2) is 72.8 Å². The average molecular weight is 558 g/mol. The second kappa shape index (κ2) is 13.5. The monoisotopic (exact) mass is 557 g/mol. The minimum absolute atomic E-state index is 0.0000186. The molecule has 3 aromatic rings. The van der Waals surface area contributed by atoms with Crippen LogP contribution in [0.1, 0.15) is 41.8 Å². The van der Waals surface area contributed by atoms with E-state index in [0.717, 1.165) is 24.1 Å². The van der Waals surface area contributed by atoms with Gasteiger partial charge in [-0.15, -0.1) is 13.2 Å². The third kappa shape index (κ3) is 9.64.